The van der Waals surface area contributed by atoms with Gasteiger partial charge in [0.1, 0.15) is 5.82 Å². The Kier molecular flexibility index (Phi) is 5.65. The number of nitrogens with zero attached hydrogens (tertiary/aromatic N) is 3. The van der Waals surface area contributed by atoms with Crippen LogP contribution >= 0.6 is 0 Å². The number of hydrogen-bond donors (Lipinski definition) is 1. The molecule has 0 radical (unpaired) electrons. The first kappa shape index (κ1) is 21.2. The van der Waals surface area contributed by atoms with Crippen molar-refractivity contribution in [2.24, 2.45) is 0 Å². The molecule has 1 amide bonds. The van der Waals surface area contributed by atoms with E-state index in [0.717, 1.165) is 4.57 Å². The molecule has 10 heteroatoms. The molecule has 0 aliphatic carbocycles. The van der Waals surface area contributed by atoms with E-state index in [1.165, 1.54) is 4.31 Å². The lowest BCUT2D eigenvalue weighted by Gasteiger charge is -2.17. The molecule has 0 spiro atoms. The quantitative estimate of drug-likeness (QED) is 0.626. The predicted octanol–water partition coefficient (Wildman–Crippen LogP) is 3.50. The highest BCUT2D eigenvalue weighted by atomic mass is 32.2. The molecule has 0 bridgehead atoms. The highest BCUT2D eigenvalue weighted by Crippen LogP contribution is 2.27. The number of carbonyl (C=O) groups excluding carboxylic acids is 1. The van der Waals surface area contributed by atoms with E-state index in [1.54, 1.807) is 55.5 Å². The number of aromatic nitrogens is 2. The van der Waals surface area contributed by atoms with Crippen molar-refractivity contribution in [3.8, 4) is 0 Å². The summed E-state index contributed by atoms with van der Waals surface area (Å²) in [7, 11) is -3.29. The molecule has 1 aliphatic heterocycles. The minimum absolute atomic E-state index is 0.122. The first-order valence-electron chi connectivity index (χ1n) is 9.91. The molecule has 2 heterocycles. The van der Waals surface area contributed by atoms with Crippen molar-refractivity contribution in [1.82, 2.24) is 14.9 Å². The van der Waals surface area contributed by atoms with Crippen molar-refractivity contribution >= 4 is 32.7 Å². The summed E-state index contributed by atoms with van der Waals surface area (Å²) in [4.78, 5) is 16.8. The second-order valence-corrected chi connectivity index (χ2v) is 9.52. The number of rotatable bonds is 6. The van der Waals surface area contributed by atoms with Gasteiger partial charge in [-0.1, -0.05) is 19.1 Å². The second-order valence-electron chi connectivity index (χ2n) is 7.51. The van der Waals surface area contributed by atoms with E-state index in [9.17, 15) is 22.0 Å². The lowest BCUT2D eigenvalue weighted by Crippen LogP contribution is -2.29. The van der Waals surface area contributed by atoms with E-state index in [2.05, 4.69) is 10.3 Å². The Bertz CT molecular complexity index is 1210. The number of sulfonamides is 1. The van der Waals surface area contributed by atoms with Gasteiger partial charge in [-0.15, -0.1) is 0 Å². The molecular weight excluding hydrogens is 426 g/mol. The Hall–Kier alpha value is -3.01. The number of halogens is 2. The maximum atomic E-state index is 13.6. The molecule has 2 aromatic carbocycles. The third kappa shape index (κ3) is 4.12. The van der Waals surface area contributed by atoms with Crippen molar-refractivity contribution < 1.29 is 22.0 Å². The van der Waals surface area contributed by atoms with E-state index in [1.807, 2.05) is 0 Å². The number of para-hydroxylation sites is 2. The van der Waals surface area contributed by atoms with Crippen LogP contribution in [0.5, 0.6) is 0 Å². The van der Waals surface area contributed by atoms with Crippen molar-refractivity contribution in [3.63, 3.8) is 0 Å². The Balaban J connectivity index is 1.45. The maximum Gasteiger partial charge on any atom is 0.320 e. The van der Waals surface area contributed by atoms with Gasteiger partial charge >= 0.3 is 6.55 Å². The lowest BCUT2D eigenvalue weighted by atomic mass is 10.1. The molecular formula is C21H22F2N4O3S. The number of benzene rings is 2. The number of amides is 1. The van der Waals surface area contributed by atoms with Crippen LogP contribution in [0.3, 0.4) is 0 Å². The highest BCUT2D eigenvalue weighted by Gasteiger charge is 2.28. The summed E-state index contributed by atoms with van der Waals surface area (Å²) in [6.07, 6.45) is 0.575. The molecule has 0 unspecified atom stereocenters. The summed E-state index contributed by atoms with van der Waals surface area (Å²) in [6.45, 7) is -0.468. The Morgan fingerprint density at radius 3 is 2.52 bits per heavy atom. The fraction of sp³-hybridized carbons (Fsp3) is 0.333. The van der Waals surface area contributed by atoms with Gasteiger partial charge in [0.15, 0.2) is 0 Å². The van der Waals surface area contributed by atoms with Crippen molar-refractivity contribution in [2.45, 2.75) is 25.8 Å². The number of imidazole rings is 1. The van der Waals surface area contributed by atoms with Gasteiger partial charge < -0.3 is 5.32 Å². The summed E-state index contributed by atoms with van der Waals surface area (Å²) < 4.78 is 53.5. The van der Waals surface area contributed by atoms with E-state index >= 15 is 0 Å². The van der Waals surface area contributed by atoms with Gasteiger partial charge in [0.25, 0.3) is 5.91 Å². The van der Waals surface area contributed by atoms with Crippen molar-refractivity contribution in [1.29, 1.82) is 0 Å². The zero-order valence-corrected chi connectivity index (χ0v) is 17.6. The standard InChI is InChI=1S/C21H22F2N4O3S/c1-14(19-25-17-5-2-3-6-18(17)27(19)21(22)23)13-24-20(28)15-7-9-16(10-8-15)26-11-4-12-31(26,29)30/h2-3,5-10,14,21H,4,11-13H2,1H3,(H,24,28)/t14-/m0/s1. The molecule has 1 aromatic heterocycles. The summed E-state index contributed by atoms with van der Waals surface area (Å²) >= 11 is 0. The third-order valence-corrected chi connectivity index (χ3v) is 7.21. The van der Waals surface area contributed by atoms with Crippen LogP contribution in [0.4, 0.5) is 14.5 Å². The molecule has 164 valence electrons. The smallest absolute Gasteiger partial charge is 0.320 e. The fourth-order valence-electron chi connectivity index (χ4n) is 3.76. The molecule has 1 atom stereocenters. The van der Waals surface area contributed by atoms with Crippen LogP contribution in [0.2, 0.25) is 0 Å². The summed E-state index contributed by atoms with van der Waals surface area (Å²) in [5.41, 5.74) is 1.70. The Morgan fingerprint density at radius 1 is 1.16 bits per heavy atom. The van der Waals surface area contributed by atoms with E-state index < -0.39 is 22.5 Å². The molecule has 3 aromatic rings. The Morgan fingerprint density at radius 2 is 1.87 bits per heavy atom. The fourth-order valence-corrected chi connectivity index (χ4v) is 5.33. The monoisotopic (exact) mass is 448 g/mol. The van der Waals surface area contributed by atoms with E-state index in [4.69, 9.17) is 0 Å². The van der Waals surface area contributed by atoms with Crippen LogP contribution in [0.1, 0.15) is 42.0 Å². The van der Waals surface area contributed by atoms with Gasteiger partial charge in [0.2, 0.25) is 10.0 Å². The molecule has 4 rings (SSSR count). The molecule has 0 saturated carbocycles. The Labute approximate surface area is 178 Å². The van der Waals surface area contributed by atoms with Crippen LogP contribution in [-0.2, 0) is 10.0 Å². The van der Waals surface area contributed by atoms with Crippen LogP contribution in [0.25, 0.3) is 11.0 Å². The number of alkyl halides is 2. The zero-order valence-electron chi connectivity index (χ0n) is 16.8. The molecule has 7 nitrogen and oxygen atoms in total. The van der Waals surface area contributed by atoms with Gasteiger partial charge in [-0.25, -0.2) is 13.4 Å². The summed E-state index contributed by atoms with van der Waals surface area (Å²) in [5, 5.41) is 2.74. The van der Waals surface area contributed by atoms with Gasteiger partial charge in [-0.2, -0.15) is 8.78 Å². The normalized spacial score (nSPS) is 16.7. The minimum Gasteiger partial charge on any atom is -0.351 e. The first-order valence-corrected chi connectivity index (χ1v) is 11.5. The first-order chi connectivity index (χ1) is 14.8. The van der Waals surface area contributed by atoms with Gasteiger partial charge in [0, 0.05) is 24.6 Å². The predicted molar refractivity (Wildman–Crippen MR) is 114 cm³/mol. The SMILES string of the molecule is C[C@@H](CNC(=O)c1ccc(N2CCCS2(=O)=O)cc1)c1nc2ccccc2n1C(F)F. The molecule has 1 fully saturated rings. The van der Waals surface area contributed by atoms with Crippen LogP contribution < -0.4 is 9.62 Å². The average Bonchev–Trinajstić information content (AvgIpc) is 3.31. The van der Waals surface area contributed by atoms with Gasteiger partial charge in [-0.3, -0.25) is 13.7 Å². The minimum atomic E-state index is -3.29. The van der Waals surface area contributed by atoms with Crippen LogP contribution in [-0.4, -0.2) is 42.7 Å². The van der Waals surface area contributed by atoms with Gasteiger partial charge in [0.05, 0.1) is 22.5 Å². The largest absolute Gasteiger partial charge is 0.351 e. The molecule has 31 heavy (non-hydrogen) atoms. The van der Waals surface area contributed by atoms with E-state index in [-0.39, 0.29) is 24.0 Å². The third-order valence-electron chi connectivity index (χ3n) is 5.34. The van der Waals surface area contributed by atoms with E-state index in [0.29, 0.717) is 35.2 Å². The highest BCUT2D eigenvalue weighted by molar-refractivity contribution is 7.93. The maximum absolute atomic E-state index is 13.6. The average molecular weight is 448 g/mol. The number of anilines is 1. The number of fused-ring (bicyclic) bond motifs is 1. The van der Waals surface area contributed by atoms with Crippen LogP contribution in [0.15, 0.2) is 48.5 Å². The zero-order chi connectivity index (χ0) is 22.2. The van der Waals surface area contributed by atoms with Crippen molar-refractivity contribution in [3.05, 3.63) is 59.9 Å². The number of hydrogen-bond acceptors (Lipinski definition) is 4. The van der Waals surface area contributed by atoms with Gasteiger partial charge in [-0.05, 0) is 42.8 Å². The topological polar surface area (TPSA) is 84.3 Å². The summed E-state index contributed by atoms with van der Waals surface area (Å²) in [5.74, 6) is -0.496. The lowest BCUT2D eigenvalue weighted by molar-refractivity contribution is 0.0704. The summed E-state index contributed by atoms with van der Waals surface area (Å²) in [6, 6.07) is 13.0. The molecule has 1 saturated heterocycles. The second kappa shape index (κ2) is 8.26. The van der Waals surface area contributed by atoms with Crippen LogP contribution in [0, 0.1) is 0 Å². The number of nitrogens with one attached hydrogen (secondary N) is 1. The number of carbonyl (C=O) groups is 1. The molecule has 1 N–H and O–H groups in total. The van der Waals surface area contributed by atoms with Crippen molar-refractivity contribution in [2.75, 3.05) is 23.1 Å². The molecule has 1 aliphatic rings.